The standard InChI is InChI=1S/C27H34N4O4S/c1-27(2,3)35-26(32)31-22-6-5-7-23(31)13-20(12-22)19-8-9-21(28-15-19)17-30-11-10-18-14-24(36(4,33)34)16-29-25(18)30/h8-11,14-16,20,22-23H,5-7,12-13,17H2,1-4H3. The van der Waals surface area contributed by atoms with E-state index in [1.807, 2.05) is 48.7 Å². The fourth-order valence-electron chi connectivity index (χ4n) is 5.60. The largest absolute Gasteiger partial charge is 0.444 e. The molecule has 192 valence electrons. The highest BCUT2D eigenvalue weighted by Gasteiger charge is 2.42. The Morgan fingerprint density at radius 1 is 1.08 bits per heavy atom. The maximum absolute atomic E-state index is 12.9. The molecule has 0 saturated carbocycles. The molecule has 9 heteroatoms. The van der Waals surface area contributed by atoms with Crippen LogP contribution in [0.15, 0.2) is 47.8 Å². The van der Waals surface area contributed by atoms with E-state index in [0.29, 0.717) is 12.5 Å². The number of amides is 1. The molecule has 0 spiro atoms. The normalized spacial score (nSPS) is 22.6. The molecule has 2 atom stereocenters. The number of ether oxygens (including phenoxy) is 1. The molecule has 2 fully saturated rings. The van der Waals surface area contributed by atoms with E-state index in [2.05, 4.69) is 17.1 Å². The van der Waals surface area contributed by atoms with Crippen LogP contribution in [-0.2, 0) is 21.1 Å². The number of hydrogen-bond donors (Lipinski definition) is 0. The molecular weight excluding hydrogens is 476 g/mol. The van der Waals surface area contributed by atoms with Crippen LogP contribution in [0.2, 0.25) is 0 Å². The van der Waals surface area contributed by atoms with Crippen molar-refractivity contribution < 1.29 is 17.9 Å². The minimum Gasteiger partial charge on any atom is -0.444 e. The summed E-state index contributed by atoms with van der Waals surface area (Å²) in [6, 6.07) is 8.18. The molecule has 2 aliphatic heterocycles. The van der Waals surface area contributed by atoms with Crippen LogP contribution in [0.1, 0.15) is 70.1 Å². The lowest BCUT2D eigenvalue weighted by Gasteiger charge is -2.48. The molecule has 0 aromatic carbocycles. The van der Waals surface area contributed by atoms with Gasteiger partial charge in [0, 0.05) is 42.3 Å². The van der Waals surface area contributed by atoms with E-state index in [-0.39, 0.29) is 23.1 Å². The Morgan fingerprint density at radius 2 is 1.81 bits per heavy atom. The maximum Gasteiger partial charge on any atom is 0.410 e. The molecule has 2 saturated heterocycles. The minimum atomic E-state index is -3.29. The van der Waals surface area contributed by atoms with E-state index < -0.39 is 15.4 Å². The Morgan fingerprint density at radius 3 is 2.42 bits per heavy atom. The first-order chi connectivity index (χ1) is 17.0. The van der Waals surface area contributed by atoms with Crippen molar-refractivity contribution in [2.45, 2.75) is 87.9 Å². The highest BCUT2D eigenvalue weighted by Crippen LogP contribution is 2.42. The molecule has 0 aliphatic carbocycles. The van der Waals surface area contributed by atoms with Gasteiger partial charge in [-0.2, -0.15) is 0 Å². The topological polar surface area (TPSA) is 94.4 Å². The van der Waals surface area contributed by atoms with Crippen molar-refractivity contribution in [3.05, 3.63) is 54.1 Å². The van der Waals surface area contributed by atoms with Crippen molar-refractivity contribution in [1.82, 2.24) is 19.4 Å². The summed E-state index contributed by atoms with van der Waals surface area (Å²) in [4.78, 5) is 24.2. The molecule has 2 aliphatic rings. The van der Waals surface area contributed by atoms with Crippen LogP contribution in [0.25, 0.3) is 11.0 Å². The van der Waals surface area contributed by atoms with Crippen molar-refractivity contribution in [3.63, 3.8) is 0 Å². The van der Waals surface area contributed by atoms with Crippen LogP contribution in [0.4, 0.5) is 4.79 Å². The zero-order valence-corrected chi connectivity index (χ0v) is 22.2. The van der Waals surface area contributed by atoms with Gasteiger partial charge in [0.05, 0.1) is 17.1 Å². The molecule has 5 rings (SSSR count). The first-order valence-corrected chi connectivity index (χ1v) is 14.5. The van der Waals surface area contributed by atoms with Gasteiger partial charge in [-0.3, -0.25) is 4.98 Å². The summed E-state index contributed by atoms with van der Waals surface area (Å²) in [5.41, 5.74) is 2.37. The third kappa shape index (κ3) is 5.12. The van der Waals surface area contributed by atoms with Gasteiger partial charge >= 0.3 is 6.09 Å². The van der Waals surface area contributed by atoms with Gasteiger partial charge in [0.1, 0.15) is 11.2 Å². The number of rotatable bonds is 4. The molecule has 5 heterocycles. The number of carbonyl (C=O) groups excluding carboxylic acids is 1. The molecule has 2 unspecified atom stereocenters. The van der Waals surface area contributed by atoms with Gasteiger partial charge in [0.15, 0.2) is 9.84 Å². The van der Waals surface area contributed by atoms with E-state index in [0.717, 1.165) is 48.8 Å². The molecular formula is C27H34N4O4S. The van der Waals surface area contributed by atoms with Gasteiger partial charge in [-0.15, -0.1) is 0 Å². The summed E-state index contributed by atoms with van der Waals surface area (Å²) in [7, 11) is -3.29. The van der Waals surface area contributed by atoms with Crippen LogP contribution in [-0.4, -0.2) is 57.9 Å². The van der Waals surface area contributed by atoms with E-state index in [1.165, 1.54) is 18.0 Å². The molecule has 3 aromatic rings. The van der Waals surface area contributed by atoms with Gasteiger partial charge in [0.2, 0.25) is 0 Å². The van der Waals surface area contributed by atoms with Crippen LogP contribution >= 0.6 is 0 Å². The SMILES string of the molecule is CC(C)(C)OC(=O)N1C2CCCC1CC(c1ccc(Cn3ccc4cc(S(C)(=O)=O)cnc43)nc1)C2. The number of sulfone groups is 1. The summed E-state index contributed by atoms with van der Waals surface area (Å²) in [6.45, 7) is 6.30. The van der Waals surface area contributed by atoms with Crippen molar-refractivity contribution in [1.29, 1.82) is 0 Å². The lowest BCUT2D eigenvalue weighted by atomic mass is 9.76. The fourth-order valence-corrected chi connectivity index (χ4v) is 6.19. The fraction of sp³-hybridized carbons (Fsp3) is 0.519. The monoisotopic (exact) mass is 510 g/mol. The van der Waals surface area contributed by atoms with Crippen molar-refractivity contribution in [3.8, 4) is 0 Å². The Kier molecular flexibility index (Phi) is 6.31. The average Bonchev–Trinajstić information content (AvgIpc) is 3.19. The number of nitrogens with zero attached hydrogens (tertiary/aromatic N) is 4. The Balaban J connectivity index is 1.28. The summed E-state index contributed by atoms with van der Waals surface area (Å²) >= 11 is 0. The molecule has 36 heavy (non-hydrogen) atoms. The van der Waals surface area contributed by atoms with E-state index in [1.54, 1.807) is 6.07 Å². The zero-order valence-electron chi connectivity index (χ0n) is 21.3. The minimum absolute atomic E-state index is 0.180. The predicted octanol–water partition coefficient (Wildman–Crippen LogP) is 4.92. The second-order valence-electron chi connectivity index (χ2n) is 11.2. The molecule has 2 bridgehead atoms. The Bertz CT molecular complexity index is 1360. The van der Waals surface area contributed by atoms with Gasteiger partial charge in [0.25, 0.3) is 0 Å². The smallest absolute Gasteiger partial charge is 0.410 e. The highest BCUT2D eigenvalue weighted by molar-refractivity contribution is 7.90. The summed E-state index contributed by atoms with van der Waals surface area (Å²) in [6.07, 6.45) is 11.4. The van der Waals surface area contributed by atoms with E-state index in [4.69, 9.17) is 9.72 Å². The second kappa shape index (κ2) is 9.18. The number of carbonyl (C=O) groups is 1. The lowest BCUT2D eigenvalue weighted by Crippen LogP contribution is -2.55. The molecule has 1 amide bonds. The zero-order chi connectivity index (χ0) is 25.7. The summed E-state index contributed by atoms with van der Waals surface area (Å²) < 4.78 is 31.3. The van der Waals surface area contributed by atoms with Gasteiger partial charge in [-0.25, -0.2) is 18.2 Å². The Labute approximate surface area is 212 Å². The number of fused-ring (bicyclic) bond motifs is 3. The van der Waals surface area contributed by atoms with Crippen LogP contribution < -0.4 is 0 Å². The van der Waals surface area contributed by atoms with E-state index >= 15 is 0 Å². The third-order valence-electron chi connectivity index (χ3n) is 7.23. The summed E-state index contributed by atoms with van der Waals surface area (Å²) in [5.74, 6) is 0.379. The van der Waals surface area contributed by atoms with Crippen molar-refractivity contribution >= 4 is 27.0 Å². The molecule has 8 nitrogen and oxygen atoms in total. The average molecular weight is 511 g/mol. The number of aromatic nitrogens is 3. The third-order valence-corrected chi connectivity index (χ3v) is 8.31. The maximum atomic E-state index is 12.9. The van der Waals surface area contributed by atoms with Crippen molar-refractivity contribution in [2.24, 2.45) is 0 Å². The number of pyridine rings is 2. The highest BCUT2D eigenvalue weighted by atomic mass is 32.2. The van der Waals surface area contributed by atoms with Crippen LogP contribution in [0.3, 0.4) is 0 Å². The number of hydrogen-bond acceptors (Lipinski definition) is 6. The second-order valence-corrected chi connectivity index (χ2v) is 13.2. The summed E-state index contributed by atoms with van der Waals surface area (Å²) in [5, 5.41) is 0.790. The first kappa shape index (κ1) is 24.7. The number of piperidine rings is 2. The van der Waals surface area contributed by atoms with Crippen LogP contribution in [0, 0.1) is 0 Å². The van der Waals surface area contributed by atoms with Crippen LogP contribution in [0.5, 0.6) is 0 Å². The molecule has 3 aromatic heterocycles. The first-order valence-electron chi connectivity index (χ1n) is 12.6. The van der Waals surface area contributed by atoms with E-state index in [9.17, 15) is 13.2 Å². The van der Waals surface area contributed by atoms with Gasteiger partial charge < -0.3 is 14.2 Å². The quantitative estimate of drug-likeness (QED) is 0.495. The predicted molar refractivity (Wildman–Crippen MR) is 138 cm³/mol. The van der Waals surface area contributed by atoms with Gasteiger partial charge in [-0.05, 0) is 82.6 Å². The molecule has 0 radical (unpaired) electrons. The Hall–Kier alpha value is -2.94. The van der Waals surface area contributed by atoms with Crippen molar-refractivity contribution in [2.75, 3.05) is 6.26 Å². The van der Waals surface area contributed by atoms with Gasteiger partial charge in [-0.1, -0.05) is 6.07 Å². The molecule has 0 N–H and O–H groups in total. The lowest BCUT2D eigenvalue weighted by molar-refractivity contribution is -0.0216.